The van der Waals surface area contributed by atoms with Gasteiger partial charge >= 0.3 is 0 Å². The second-order valence-corrected chi connectivity index (χ2v) is 6.06. The topological polar surface area (TPSA) is 17.8 Å². The number of hydrogen-bond acceptors (Lipinski definition) is 1. The summed E-state index contributed by atoms with van der Waals surface area (Å²) in [6.45, 7) is 4.38. The Kier molecular flexibility index (Phi) is 4.92. The van der Waals surface area contributed by atoms with Crippen LogP contribution < -0.4 is 0 Å². The van der Waals surface area contributed by atoms with Gasteiger partial charge in [0.05, 0.1) is 0 Å². The lowest BCUT2D eigenvalue weighted by molar-refractivity contribution is 0.717. The Balaban J connectivity index is 1.86. The zero-order valence-corrected chi connectivity index (χ0v) is 14.0. The first-order chi connectivity index (χ1) is 11.3. The van der Waals surface area contributed by atoms with Crippen molar-refractivity contribution in [3.8, 4) is 17.1 Å². The zero-order chi connectivity index (χ0) is 16.1. The summed E-state index contributed by atoms with van der Waals surface area (Å²) in [5.41, 5.74) is 5.02. The van der Waals surface area contributed by atoms with E-state index >= 15 is 0 Å². The molecule has 0 amide bonds. The molecule has 0 bridgehead atoms. The van der Waals surface area contributed by atoms with Crippen molar-refractivity contribution in [2.75, 3.05) is 0 Å². The molecular formula is C21H24N2. The van der Waals surface area contributed by atoms with Crippen molar-refractivity contribution >= 4 is 0 Å². The monoisotopic (exact) mass is 304 g/mol. The molecule has 118 valence electrons. The summed E-state index contributed by atoms with van der Waals surface area (Å²) in [5, 5.41) is 0. The summed E-state index contributed by atoms with van der Waals surface area (Å²) in [4.78, 5) is 4.57. The molecule has 23 heavy (non-hydrogen) atoms. The third-order valence-corrected chi connectivity index (χ3v) is 4.30. The summed E-state index contributed by atoms with van der Waals surface area (Å²) >= 11 is 0. The lowest BCUT2D eigenvalue weighted by Crippen LogP contribution is -1.98. The number of rotatable bonds is 6. The molecule has 0 N–H and O–H groups in total. The van der Waals surface area contributed by atoms with Gasteiger partial charge in [-0.2, -0.15) is 0 Å². The highest BCUT2D eigenvalue weighted by atomic mass is 15.1. The highest BCUT2D eigenvalue weighted by Crippen LogP contribution is 2.24. The number of aryl methyl sites for hydroxylation is 2. The Bertz CT molecular complexity index is 754. The molecule has 0 aliphatic carbocycles. The fourth-order valence-electron chi connectivity index (χ4n) is 2.94. The smallest absolute Gasteiger partial charge is 0.144 e. The zero-order valence-electron chi connectivity index (χ0n) is 14.0. The molecule has 2 nitrogen and oxygen atoms in total. The van der Waals surface area contributed by atoms with E-state index in [0.29, 0.717) is 0 Å². The molecule has 1 aromatic heterocycles. The van der Waals surface area contributed by atoms with Gasteiger partial charge in [-0.15, -0.1) is 0 Å². The van der Waals surface area contributed by atoms with E-state index in [1.165, 1.54) is 42.5 Å². The van der Waals surface area contributed by atoms with Crippen molar-refractivity contribution in [3.05, 3.63) is 72.1 Å². The van der Waals surface area contributed by atoms with Crippen molar-refractivity contribution in [2.24, 2.45) is 0 Å². The maximum Gasteiger partial charge on any atom is 0.144 e. The Labute approximate surface area is 138 Å². The summed E-state index contributed by atoms with van der Waals surface area (Å²) in [6, 6.07) is 17.3. The van der Waals surface area contributed by atoms with E-state index in [2.05, 4.69) is 71.9 Å². The van der Waals surface area contributed by atoms with Gasteiger partial charge in [0.15, 0.2) is 0 Å². The molecule has 0 unspecified atom stereocenters. The largest absolute Gasteiger partial charge is 0.300 e. The second kappa shape index (κ2) is 7.28. The summed E-state index contributed by atoms with van der Waals surface area (Å²) < 4.78 is 2.17. The molecule has 0 fully saturated rings. The number of aromatic nitrogens is 2. The van der Waals surface area contributed by atoms with Gasteiger partial charge in [-0.25, -0.2) is 4.98 Å². The van der Waals surface area contributed by atoms with Crippen molar-refractivity contribution in [3.63, 3.8) is 0 Å². The van der Waals surface area contributed by atoms with Crippen molar-refractivity contribution in [1.82, 2.24) is 9.55 Å². The summed E-state index contributed by atoms with van der Waals surface area (Å²) in [5.74, 6) is 0.999. The fourth-order valence-corrected chi connectivity index (χ4v) is 2.94. The molecule has 1 heterocycles. The Morgan fingerprint density at radius 1 is 0.957 bits per heavy atom. The van der Waals surface area contributed by atoms with Crippen LogP contribution in [-0.4, -0.2) is 9.55 Å². The number of imidazole rings is 1. The molecule has 2 heteroatoms. The van der Waals surface area contributed by atoms with Gasteiger partial charge in [0.25, 0.3) is 0 Å². The third kappa shape index (κ3) is 3.53. The van der Waals surface area contributed by atoms with Crippen LogP contribution in [0, 0.1) is 6.92 Å². The van der Waals surface area contributed by atoms with Crippen molar-refractivity contribution < 1.29 is 0 Å². The summed E-state index contributed by atoms with van der Waals surface area (Å²) in [7, 11) is 0. The first-order valence-corrected chi connectivity index (χ1v) is 8.48. The van der Waals surface area contributed by atoms with E-state index in [-0.39, 0.29) is 0 Å². The van der Waals surface area contributed by atoms with Crippen LogP contribution in [0.2, 0.25) is 0 Å². The highest BCUT2D eigenvalue weighted by molar-refractivity contribution is 5.60. The Hall–Kier alpha value is -2.35. The molecule has 0 atom stereocenters. The van der Waals surface area contributed by atoms with E-state index in [0.717, 1.165) is 11.4 Å². The van der Waals surface area contributed by atoms with Crippen LogP contribution in [0.3, 0.4) is 0 Å². The average Bonchev–Trinajstić information content (AvgIpc) is 3.05. The van der Waals surface area contributed by atoms with Crippen LogP contribution in [0.5, 0.6) is 0 Å². The first-order valence-electron chi connectivity index (χ1n) is 8.48. The molecule has 3 rings (SSSR count). The van der Waals surface area contributed by atoms with Gasteiger partial charge < -0.3 is 0 Å². The maximum absolute atomic E-state index is 4.57. The number of unbranched alkanes of at least 4 members (excludes halogenated alkanes) is 2. The maximum atomic E-state index is 4.57. The van der Waals surface area contributed by atoms with Gasteiger partial charge in [-0.3, -0.25) is 4.57 Å². The molecule has 0 saturated carbocycles. The van der Waals surface area contributed by atoms with Crippen LogP contribution in [0.15, 0.2) is 60.9 Å². The predicted octanol–water partition coefficient (Wildman–Crippen LogP) is 5.58. The van der Waals surface area contributed by atoms with Gasteiger partial charge in [-0.1, -0.05) is 62.2 Å². The number of nitrogens with zero attached hydrogens (tertiary/aromatic N) is 2. The minimum absolute atomic E-state index is 0.999. The molecule has 3 aromatic rings. The highest BCUT2D eigenvalue weighted by Gasteiger charge is 2.09. The standard InChI is InChI=1S/C21H24N2/c1-3-4-5-9-18-11-13-19(14-12-18)21-22-15-16-23(21)20-10-7-6-8-17(20)2/h6-8,10-16H,3-5,9H2,1-2H3. The number of hydrogen-bond donors (Lipinski definition) is 0. The van der Waals surface area contributed by atoms with Gasteiger partial charge in [0.2, 0.25) is 0 Å². The van der Waals surface area contributed by atoms with Crippen LogP contribution >= 0.6 is 0 Å². The van der Waals surface area contributed by atoms with E-state index < -0.39 is 0 Å². The molecule has 0 aliphatic heterocycles. The fraction of sp³-hybridized carbons (Fsp3) is 0.286. The van der Waals surface area contributed by atoms with Gasteiger partial charge in [0, 0.05) is 23.6 Å². The van der Waals surface area contributed by atoms with Crippen LogP contribution in [0.4, 0.5) is 0 Å². The van der Waals surface area contributed by atoms with Gasteiger partial charge in [0.1, 0.15) is 5.82 Å². The Morgan fingerprint density at radius 2 is 1.74 bits per heavy atom. The first kappa shape index (κ1) is 15.5. The predicted molar refractivity (Wildman–Crippen MR) is 97.0 cm³/mol. The van der Waals surface area contributed by atoms with Crippen molar-refractivity contribution in [1.29, 1.82) is 0 Å². The van der Waals surface area contributed by atoms with Gasteiger partial charge in [-0.05, 0) is 37.0 Å². The van der Waals surface area contributed by atoms with E-state index in [1.54, 1.807) is 0 Å². The molecular weight excluding hydrogens is 280 g/mol. The van der Waals surface area contributed by atoms with E-state index in [9.17, 15) is 0 Å². The molecule has 0 radical (unpaired) electrons. The Morgan fingerprint density at radius 3 is 2.48 bits per heavy atom. The number of benzene rings is 2. The minimum Gasteiger partial charge on any atom is -0.300 e. The van der Waals surface area contributed by atoms with E-state index in [4.69, 9.17) is 0 Å². The normalized spacial score (nSPS) is 10.9. The molecule has 0 aliphatic rings. The van der Waals surface area contributed by atoms with Crippen LogP contribution in [0.1, 0.15) is 37.3 Å². The van der Waals surface area contributed by atoms with E-state index in [1.807, 2.05) is 12.4 Å². The average molecular weight is 304 g/mol. The lowest BCUT2D eigenvalue weighted by Gasteiger charge is -2.11. The summed E-state index contributed by atoms with van der Waals surface area (Å²) in [6.07, 6.45) is 8.92. The minimum atomic E-state index is 0.999. The number of para-hydroxylation sites is 1. The SMILES string of the molecule is CCCCCc1ccc(-c2nccn2-c2ccccc2C)cc1. The van der Waals surface area contributed by atoms with Crippen LogP contribution in [-0.2, 0) is 6.42 Å². The quantitative estimate of drug-likeness (QED) is 0.543. The molecule has 0 spiro atoms. The molecule has 2 aromatic carbocycles. The second-order valence-electron chi connectivity index (χ2n) is 6.06. The van der Waals surface area contributed by atoms with Crippen molar-refractivity contribution in [2.45, 2.75) is 39.5 Å². The molecule has 0 saturated heterocycles. The third-order valence-electron chi connectivity index (χ3n) is 4.30. The van der Waals surface area contributed by atoms with Crippen LogP contribution in [0.25, 0.3) is 17.1 Å². The lowest BCUT2D eigenvalue weighted by atomic mass is 10.0.